The Balaban J connectivity index is 3.63. The molecule has 0 heterocycles. The summed E-state index contributed by atoms with van der Waals surface area (Å²) in [5.41, 5.74) is 5.28. The molecule has 4 heteroatoms. The molecule has 4 nitrogen and oxygen atoms in total. The molecule has 0 radical (unpaired) electrons. The van der Waals surface area contributed by atoms with E-state index in [1.54, 1.807) is 6.92 Å². The van der Waals surface area contributed by atoms with E-state index in [4.69, 9.17) is 15.6 Å². The normalized spacial score (nSPS) is 15.9. The summed E-state index contributed by atoms with van der Waals surface area (Å²) in [4.78, 5) is 10.3. The quantitative estimate of drug-likeness (QED) is 0.604. The molecule has 11 heavy (non-hydrogen) atoms. The molecule has 0 aliphatic heterocycles. The molecule has 0 saturated carbocycles. The van der Waals surface area contributed by atoms with Gasteiger partial charge in [-0.2, -0.15) is 0 Å². The third-order valence-corrected chi connectivity index (χ3v) is 1.38. The van der Waals surface area contributed by atoms with Gasteiger partial charge in [-0.05, 0) is 13.3 Å². The highest BCUT2D eigenvalue weighted by molar-refractivity contribution is 5.73. The molecule has 0 aromatic carbocycles. The fourth-order valence-corrected chi connectivity index (χ4v) is 0.608. The maximum Gasteiger partial charge on any atom is 0.323 e. The van der Waals surface area contributed by atoms with Crippen LogP contribution < -0.4 is 5.73 Å². The van der Waals surface area contributed by atoms with Gasteiger partial charge in [0.25, 0.3) is 0 Å². The van der Waals surface area contributed by atoms with Gasteiger partial charge in [-0.25, -0.2) is 0 Å². The summed E-state index contributed by atoms with van der Waals surface area (Å²) in [5.74, 6) is -1.02. The van der Waals surface area contributed by atoms with Crippen LogP contribution in [0.5, 0.6) is 0 Å². The van der Waals surface area contributed by atoms with Crippen molar-refractivity contribution >= 4 is 5.97 Å². The van der Waals surface area contributed by atoms with Crippen LogP contribution in [0.3, 0.4) is 0 Å². The molecule has 2 atom stereocenters. The molecular formula is C7H15NO3. The molecule has 3 N–H and O–H groups in total. The molecule has 1 unspecified atom stereocenters. The topological polar surface area (TPSA) is 72.5 Å². The highest BCUT2D eigenvalue weighted by atomic mass is 16.5. The van der Waals surface area contributed by atoms with Crippen LogP contribution in [0.25, 0.3) is 0 Å². The number of carboxylic acid groups (broad SMARTS) is 1. The summed E-state index contributed by atoms with van der Waals surface area (Å²) in [6, 6.07) is -0.915. The maximum absolute atomic E-state index is 10.3. The van der Waals surface area contributed by atoms with Gasteiger partial charge in [0.1, 0.15) is 6.04 Å². The lowest BCUT2D eigenvalue weighted by atomic mass is 10.2. The Hall–Kier alpha value is -0.610. The number of aliphatic carboxylic acids is 1. The lowest BCUT2D eigenvalue weighted by molar-refractivity contribution is -0.142. The number of hydrogen-bond acceptors (Lipinski definition) is 3. The van der Waals surface area contributed by atoms with Crippen molar-refractivity contribution in [2.75, 3.05) is 6.61 Å². The average Bonchev–Trinajstić information content (AvgIpc) is 1.98. The van der Waals surface area contributed by atoms with E-state index in [-0.39, 0.29) is 0 Å². The van der Waals surface area contributed by atoms with E-state index in [0.717, 1.165) is 6.42 Å². The van der Waals surface area contributed by atoms with Crippen LogP contribution in [0.4, 0.5) is 0 Å². The van der Waals surface area contributed by atoms with Crippen molar-refractivity contribution in [3.05, 3.63) is 0 Å². The highest BCUT2D eigenvalue weighted by Gasteiger charge is 2.19. The molecule has 66 valence electrons. The Labute approximate surface area is 66.3 Å². The van der Waals surface area contributed by atoms with Crippen molar-refractivity contribution in [1.82, 2.24) is 0 Å². The van der Waals surface area contributed by atoms with Gasteiger partial charge in [-0.1, -0.05) is 6.92 Å². The van der Waals surface area contributed by atoms with E-state index < -0.39 is 18.1 Å². The summed E-state index contributed by atoms with van der Waals surface area (Å²) in [5, 5.41) is 8.45. The number of nitrogens with two attached hydrogens (primary N) is 1. The first-order chi connectivity index (χ1) is 5.09. The first-order valence-corrected chi connectivity index (χ1v) is 3.69. The van der Waals surface area contributed by atoms with Crippen LogP contribution in [0.2, 0.25) is 0 Å². The Morgan fingerprint density at radius 3 is 2.64 bits per heavy atom. The summed E-state index contributed by atoms with van der Waals surface area (Å²) in [7, 11) is 0. The van der Waals surface area contributed by atoms with Crippen LogP contribution >= 0.6 is 0 Å². The minimum atomic E-state index is -1.02. The molecular weight excluding hydrogens is 146 g/mol. The van der Waals surface area contributed by atoms with Crippen molar-refractivity contribution in [1.29, 1.82) is 0 Å². The summed E-state index contributed by atoms with van der Waals surface area (Å²) in [6.45, 7) is 4.18. The monoisotopic (exact) mass is 161 g/mol. The Morgan fingerprint density at radius 1 is 1.73 bits per heavy atom. The maximum atomic E-state index is 10.3. The second kappa shape index (κ2) is 5.09. The van der Waals surface area contributed by atoms with E-state index in [9.17, 15) is 4.79 Å². The zero-order chi connectivity index (χ0) is 8.85. The summed E-state index contributed by atoms with van der Waals surface area (Å²) in [6.07, 6.45) is 0.462. The van der Waals surface area contributed by atoms with Crippen LogP contribution in [-0.4, -0.2) is 29.8 Å². The largest absolute Gasteiger partial charge is 0.480 e. The molecule has 0 aliphatic carbocycles. The van der Waals surface area contributed by atoms with Crippen LogP contribution in [-0.2, 0) is 9.53 Å². The number of carbonyl (C=O) groups is 1. The first-order valence-electron chi connectivity index (χ1n) is 3.69. The third-order valence-electron chi connectivity index (χ3n) is 1.38. The standard InChI is InChI=1S/C7H15NO3/c1-3-4-11-5(2)6(8)7(9)10/h5-6H,3-4,8H2,1-2H3,(H,9,10)/t5?,6-/m0/s1. The lowest BCUT2D eigenvalue weighted by Crippen LogP contribution is -2.41. The van der Waals surface area contributed by atoms with Gasteiger partial charge in [0.15, 0.2) is 0 Å². The Bertz CT molecular complexity index is 127. The highest BCUT2D eigenvalue weighted by Crippen LogP contribution is 1.96. The van der Waals surface area contributed by atoms with Crippen molar-refractivity contribution < 1.29 is 14.6 Å². The van der Waals surface area contributed by atoms with E-state index in [1.165, 1.54) is 0 Å². The second-order valence-corrected chi connectivity index (χ2v) is 2.44. The van der Waals surface area contributed by atoms with Crippen LogP contribution in [0, 0.1) is 0 Å². The van der Waals surface area contributed by atoms with Crippen molar-refractivity contribution in [2.24, 2.45) is 5.73 Å². The molecule has 0 rings (SSSR count). The molecule has 0 aromatic rings. The molecule has 0 bridgehead atoms. The smallest absolute Gasteiger partial charge is 0.323 e. The van der Waals surface area contributed by atoms with Gasteiger partial charge in [-0.15, -0.1) is 0 Å². The van der Waals surface area contributed by atoms with Crippen molar-refractivity contribution in [2.45, 2.75) is 32.4 Å². The van der Waals surface area contributed by atoms with Gasteiger partial charge in [-0.3, -0.25) is 4.79 Å². The van der Waals surface area contributed by atoms with Gasteiger partial charge >= 0.3 is 5.97 Å². The van der Waals surface area contributed by atoms with Gasteiger partial charge in [0.2, 0.25) is 0 Å². The first kappa shape index (κ1) is 10.4. The Kier molecular flexibility index (Phi) is 4.81. The van der Waals surface area contributed by atoms with Crippen molar-refractivity contribution in [3.63, 3.8) is 0 Å². The Morgan fingerprint density at radius 2 is 2.27 bits per heavy atom. The molecule has 0 spiro atoms. The summed E-state index contributed by atoms with van der Waals surface area (Å²) >= 11 is 0. The second-order valence-electron chi connectivity index (χ2n) is 2.44. The van der Waals surface area contributed by atoms with Crippen LogP contribution in [0.1, 0.15) is 20.3 Å². The van der Waals surface area contributed by atoms with Crippen LogP contribution in [0.15, 0.2) is 0 Å². The number of hydrogen-bond donors (Lipinski definition) is 2. The summed E-state index contributed by atoms with van der Waals surface area (Å²) < 4.78 is 5.11. The van der Waals surface area contributed by atoms with E-state index >= 15 is 0 Å². The molecule has 0 fully saturated rings. The predicted octanol–water partition coefficient (Wildman–Crippen LogP) is 0.213. The SMILES string of the molecule is CCCOC(C)[C@H](N)C(=O)O. The zero-order valence-electron chi connectivity index (χ0n) is 6.91. The van der Waals surface area contributed by atoms with E-state index in [1.807, 2.05) is 6.92 Å². The number of rotatable bonds is 5. The lowest BCUT2D eigenvalue weighted by Gasteiger charge is -2.15. The predicted molar refractivity (Wildman–Crippen MR) is 41.3 cm³/mol. The third kappa shape index (κ3) is 3.95. The minimum Gasteiger partial charge on any atom is -0.480 e. The molecule has 0 amide bonds. The van der Waals surface area contributed by atoms with Crippen molar-refractivity contribution in [3.8, 4) is 0 Å². The minimum absolute atomic E-state index is 0.410. The fourth-order valence-electron chi connectivity index (χ4n) is 0.608. The number of carboxylic acids is 1. The molecule has 0 saturated heterocycles. The van der Waals surface area contributed by atoms with E-state index in [0.29, 0.717) is 6.61 Å². The zero-order valence-corrected chi connectivity index (χ0v) is 6.91. The van der Waals surface area contributed by atoms with E-state index in [2.05, 4.69) is 0 Å². The number of ether oxygens (including phenoxy) is 1. The van der Waals surface area contributed by atoms with Gasteiger partial charge in [0.05, 0.1) is 6.10 Å². The molecule has 0 aromatic heterocycles. The average molecular weight is 161 g/mol. The molecule has 0 aliphatic rings. The van der Waals surface area contributed by atoms with Gasteiger partial charge in [0, 0.05) is 6.61 Å². The fraction of sp³-hybridized carbons (Fsp3) is 0.857. The van der Waals surface area contributed by atoms with Gasteiger partial charge < -0.3 is 15.6 Å².